The van der Waals surface area contributed by atoms with Crippen LogP contribution in [0.3, 0.4) is 0 Å². The minimum absolute atomic E-state index is 0.593. The second-order valence-electron chi connectivity index (χ2n) is 4.28. The molecule has 0 amide bonds. The molecule has 0 radical (unpaired) electrons. The number of nitrogen functional groups attached to an aromatic ring is 1. The van der Waals surface area contributed by atoms with E-state index in [1.165, 1.54) is 29.7 Å². The summed E-state index contributed by atoms with van der Waals surface area (Å²) in [6.07, 6.45) is 5.27. The number of anilines is 1. The molecule has 0 fully saturated rings. The summed E-state index contributed by atoms with van der Waals surface area (Å²) in [6.45, 7) is 2.28. The van der Waals surface area contributed by atoms with Crippen molar-refractivity contribution in [3.8, 4) is 0 Å². The fourth-order valence-electron chi connectivity index (χ4n) is 2.53. The molecule has 1 atom stereocenters. The van der Waals surface area contributed by atoms with Gasteiger partial charge in [0.2, 0.25) is 0 Å². The smallest absolute Gasteiger partial charge is 0.152 e. The van der Waals surface area contributed by atoms with Crippen LogP contribution in [0, 0.1) is 0 Å². The van der Waals surface area contributed by atoms with Gasteiger partial charge in [-0.3, -0.25) is 0 Å². The maximum absolute atomic E-state index is 5.52. The zero-order valence-corrected chi connectivity index (χ0v) is 9.97. The molecule has 2 aromatic heterocycles. The number of hydrogen-bond donors (Lipinski definition) is 2. The van der Waals surface area contributed by atoms with E-state index in [-0.39, 0.29) is 0 Å². The second-order valence-corrected chi connectivity index (χ2v) is 5.36. The molecule has 16 heavy (non-hydrogen) atoms. The van der Waals surface area contributed by atoms with Crippen molar-refractivity contribution in [1.29, 1.82) is 0 Å². The summed E-state index contributed by atoms with van der Waals surface area (Å²) in [5, 5.41) is 1.14. The van der Waals surface area contributed by atoms with Gasteiger partial charge in [-0.1, -0.05) is 6.92 Å². The van der Waals surface area contributed by atoms with Gasteiger partial charge in [0.15, 0.2) is 5.82 Å². The highest BCUT2D eigenvalue weighted by atomic mass is 32.1. The van der Waals surface area contributed by atoms with Gasteiger partial charge in [0.25, 0.3) is 0 Å². The van der Waals surface area contributed by atoms with Gasteiger partial charge >= 0.3 is 0 Å². The molecule has 0 saturated carbocycles. The van der Waals surface area contributed by atoms with Gasteiger partial charge in [0, 0.05) is 4.88 Å². The number of hydrogen-bond acceptors (Lipinski definition) is 5. The van der Waals surface area contributed by atoms with Gasteiger partial charge in [-0.15, -0.1) is 11.3 Å². The Kier molecular flexibility index (Phi) is 2.29. The molecule has 3 N–H and O–H groups in total. The summed E-state index contributed by atoms with van der Waals surface area (Å²) in [5.74, 6) is 6.87. The first-order valence-corrected chi connectivity index (χ1v) is 6.35. The molecule has 0 saturated heterocycles. The number of fused-ring (bicyclic) bond motifs is 3. The fourth-order valence-corrected chi connectivity index (χ4v) is 3.83. The molecule has 0 aliphatic heterocycles. The highest BCUT2D eigenvalue weighted by molar-refractivity contribution is 7.19. The Morgan fingerprint density at radius 1 is 1.50 bits per heavy atom. The van der Waals surface area contributed by atoms with Crippen LogP contribution >= 0.6 is 11.3 Å². The first-order chi connectivity index (χ1) is 7.81. The van der Waals surface area contributed by atoms with Crippen LogP contribution in [0.4, 0.5) is 5.82 Å². The number of hydrazine groups is 1. The Labute approximate surface area is 97.9 Å². The third-order valence-corrected chi connectivity index (χ3v) is 4.45. The van der Waals surface area contributed by atoms with E-state index in [9.17, 15) is 0 Å². The van der Waals surface area contributed by atoms with Gasteiger partial charge in [0.1, 0.15) is 11.2 Å². The van der Waals surface area contributed by atoms with E-state index in [0.29, 0.717) is 5.92 Å². The van der Waals surface area contributed by atoms with E-state index in [1.54, 1.807) is 17.7 Å². The molecule has 1 aliphatic carbocycles. The first kappa shape index (κ1) is 9.99. The number of nitrogens with one attached hydrogen (secondary N) is 1. The zero-order chi connectivity index (χ0) is 11.1. The lowest BCUT2D eigenvalue weighted by Crippen LogP contribution is -2.10. The van der Waals surface area contributed by atoms with E-state index in [1.807, 2.05) is 0 Å². The molecule has 0 spiro atoms. The average molecular weight is 234 g/mol. The lowest BCUT2D eigenvalue weighted by atomic mass is 9.87. The van der Waals surface area contributed by atoms with Crippen LogP contribution in [0.2, 0.25) is 0 Å². The van der Waals surface area contributed by atoms with E-state index in [4.69, 9.17) is 5.84 Å². The molecule has 2 aromatic rings. The minimum atomic E-state index is 0.593. The molecule has 0 bridgehead atoms. The van der Waals surface area contributed by atoms with Gasteiger partial charge in [0.05, 0.1) is 5.39 Å². The molecule has 2 heterocycles. The van der Waals surface area contributed by atoms with Crippen molar-refractivity contribution in [3.05, 3.63) is 16.8 Å². The van der Waals surface area contributed by atoms with Crippen molar-refractivity contribution in [2.24, 2.45) is 5.84 Å². The zero-order valence-electron chi connectivity index (χ0n) is 9.16. The lowest BCUT2D eigenvalue weighted by molar-refractivity contribution is 0.602. The Balaban J connectivity index is 2.35. The van der Waals surface area contributed by atoms with Gasteiger partial charge in [-0.25, -0.2) is 15.8 Å². The molecular weight excluding hydrogens is 220 g/mol. The molecular formula is C11H14N4S. The van der Waals surface area contributed by atoms with E-state index in [0.717, 1.165) is 16.0 Å². The predicted molar refractivity (Wildman–Crippen MR) is 66.6 cm³/mol. The number of rotatable bonds is 1. The topological polar surface area (TPSA) is 63.8 Å². The summed E-state index contributed by atoms with van der Waals surface area (Å²) in [5.41, 5.74) is 4.10. The standard InChI is InChI=1S/C11H14N4S/c1-6-3-2-4-7-8(6)9-10(15-12)13-5-14-11(9)16-7/h5-6H,2-4,12H2,1H3,(H,13,14,15)/t6-/m1/s1. The second kappa shape index (κ2) is 3.68. The van der Waals surface area contributed by atoms with Crippen molar-refractivity contribution < 1.29 is 0 Å². The summed E-state index contributed by atoms with van der Waals surface area (Å²) in [4.78, 5) is 11.1. The average Bonchev–Trinajstić information content (AvgIpc) is 2.68. The Bertz CT molecular complexity index is 534. The highest BCUT2D eigenvalue weighted by Crippen LogP contribution is 2.43. The Hall–Kier alpha value is -1.20. The molecule has 0 aromatic carbocycles. The molecule has 3 rings (SSSR count). The van der Waals surface area contributed by atoms with Crippen LogP contribution in [-0.2, 0) is 6.42 Å². The lowest BCUT2D eigenvalue weighted by Gasteiger charge is -2.19. The van der Waals surface area contributed by atoms with Crippen molar-refractivity contribution in [3.63, 3.8) is 0 Å². The van der Waals surface area contributed by atoms with Crippen molar-refractivity contribution in [2.45, 2.75) is 32.1 Å². The summed E-state index contributed by atoms with van der Waals surface area (Å²) < 4.78 is 0. The van der Waals surface area contributed by atoms with Crippen LogP contribution < -0.4 is 11.3 Å². The Morgan fingerprint density at radius 3 is 3.19 bits per heavy atom. The molecule has 5 heteroatoms. The maximum Gasteiger partial charge on any atom is 0.152 e. The largest absolute Gasteiger partial charge is 0.308 e. The van der Waals surface area contributed by atoms with Gasteiger partial charge in [-0.2, -0.15) is 0 Å². The summed E-state index contributed by atoms with van der Waals surface area (Å²) in [6, 6.07) is 0. The van der Waals surface area contributed by atoms with Crippen LogP contribution in [0.25, 0.3) is 10.2 Å². The van der Waals surface area contributed by atoms with Gasteiger partial charge in [-0.05, 0) is 30.7 Å². The molecule has 84 valence electrons. The normalized spacial score (nSPS) is 19.8. The number of aryl methyl sites for hydroxylation is 1. The van der Waals surface area contributed by atoms with Crippen molar-refractivity contribution in [2.75, 3.05) is 5.43 Å². The highest BCUT2D eigenvalue weighted by Gasteiger charge is 2.24. The first-order valence-electron chi connectivity index (χ1n) is 5.54. The third-order valence-electron chi connectivity index (χ3n) is 3.27. The van der Waals surface area contributed by atoms with Crippen LogP contribution in [0.5, 0.6) is 0 Å². The van der Waals surface area contributed by atoms with E-state index >= 15 is 0 Å². The van der Waals surface area contributed by atoms with Crippen LogP contribution in [0.1, 0.15) is 36.1 Å². The quantitative estimate of drug-likeness (QED) is 0.587. The number of aromatic nitrogens is 2. The van der Waals surface area contributed by atoms with E-state index < -0.39 is 0 Å². The minimum Gasteiger partial charge on any atom is -0.308 e. The number of nitrogens with zero attached hydrogens (tertiary/aromatic N) is 2. The summed E-state index contributed by atoms with van der Waals surface area (Å²) >= 11 is 1.79. The fraction of sp³-hybridized carbons (Fsp3) is 0.455. The maximum atomic E-state index is 5.52. The van der Waals surface area contributed by atoms with Crippen LogP contribution in [0.15, 0.2) is 6.33 Å². The van der Waals surface area contributed by atoms with Crippen molar-refractivity contribution >= 4 is 27.4 Å². The van der Waals surface area contributed by atoms with Crippen molar-refractivity contribution in [1.82, 2.24) is 9.97 Å². The van der Waals surface area contributed by atoms with E-state index in [2.05, 4.69) is 22.3 Å². The SMILES string of the molecule is C[C@@H]1CCCc2sc3ncnc(NN)c3c21. The predicted octanol–water partition coefficient (Wildman–Crippen LogP) is 2.42. The Morgan fingerprint density at radius 2 is 2.38 bits per heavy atom. The van der Waals surface area contributed by atoms with Crippen LogP contribution in [-0.4, -0.2) is 9.97 Å². The third kappa shape index (κ3) is 1.32. The molecule has 0 unspecified atom stereocenters. The van der Waals surface area contributed by atoms with Gasteiger partial charge < -0.3 is 5.43 Å². The number of thiophene rings is 1. The molecule has 1 aliphatic rings. The number of nitrogens with two attached hydrogens (primary N) is 1. The molecule has 4 nitrogen and oxygen atoms in total. The monoisotopic (exact) mass is 234 g/mol. The summed E-state index contributed by atoms with van der Waals surface area (Å²) in [7, 11) is 0.